The number of aromatic nitrogens is 5. The number of rotatable bonds is 4. The molecule has 0 saturated heterocycles. The predicted octanol–water partition coefficient (Wildman–Crippen LogP) is 2.23. The molecule has 29 heavy (non-hydrogen) atoms. The summed E-state index contributed by atoms with van der Waals surface area (Å²) in [6, 6.07) is 8.57. The van der Waals surface area contributed by atoms with E-state index in [1.54, 1.807) is 7.11 Å². The highest BCUT2D eigenvalue weighted by Gasteiger charge is 2.45. The molecule has 2 N–H and O–H groups in total. The Morgan fingerprint density at radius 2 is 2.00 bits per heavy atom. The fraction of sp³-hybridized carbons (Fsp3) is 0.333. The highest BCUT2D eigenvalue weighted by molar-refractivity contribution is 5.91. The summed E-state index contributed by atoms with van der Waals surface area (Å²) in [6.45, 7) is 0. The molecule has 4 aromatic rings. The number of benzene rings is 1. The van der Waals surface area contributed by atoms with Crippen LogP contribution in [0.25, 0.3) is 27.5 Å². The molecular formula is C21H23N7O. The van der Waals surface area contributed by atoms with Crippen LogP contribution in [0.15, 0.2) is 43.0 Å². The zero-order valence-electron chi connectivity index (χ0n) is 16.7. The molecule has 8 nitrogen and oxygen atoms in total. The molecule has 8 heteroatoms. The minimum Gasteiger partial charge on any atom is -0.480 e. The first-order valence-corrected chi connectivity index (χ1v) is 9.58. The second-order valence-corrected chi connectivity index (χ2v) is 7.94. The Morgan fingerprint density at radius 1 is 1.17 bits per heavy atom. The molecule has 1 aromatic carbocycles. The van der Waals surface area contributed by atoms with E-state index in [-0.39, 0.29) is 0 Å². The van der Waals surface area contributed by atoms with Crippen molar-refractivity contribution in [2.24, 2.45) is 5.73 Å². The summed E-state index contributed by atoms with van der Waals surface area (Å²) in [5.41, 5.74) is 9.94. The van der Waals surface area contributed by atoms with Crippen LogP contribution in [0.1, 0.15) is 18.7 Å². The zero-order valence-corrected chi connectivity index (χ0v) is 16.7. The van der Waals surface area contributed by atoms with Gasteiger partial charge in [0.15, 0.2) is 5.82 Å². The average molecular weight is 389 g/mol. The van der Waals surface area contributed by atoms with E-state index in [2.05, 4.69) is 33.9 Å². The largest absolute Gasteiger partial charge is 0.480 e. The van der Waals surface area contributed by atoms with E-state index in [1.165, 1.54) is 6.33 Å². The number of methoxy groups -OCH3 is 1. The van der Waals surface area contributed by atoms with Gasteiger partial charge in [0.2, 0.25) is 5.88 Å². The van der Waals surface area contributed by atoms with E-state index in [4.69, 9.17) is 15.6 Å². The highest BCUT2D eigenvalue weighted by Crippen LogP contribution is 2.39. The lowest BCUT2D eigenvalue weighted by Gasteiger charge is -2.46. The maximum absolute atomic E-state index is 6.56. The van der Waals surface area contributed by atoms with Gasteiger partial charge >= 0.3 is 0 Å². The van der Waals surface area contributed by atoms with Crippen LogP contribution in [0.4, 0.5) is 0 Å². The molecule has 0 bridgehead atoms. The molecule has 0 spiro atoms. The average Bonchev–Trinajstić information content (AvgIpc) is 3.13. The SMILES string of the molecule is COc1ncnc2ccc(-c3ccn4nc(C5(N)CC(N(C)C)C5)ncc34)cc12. The summed E-state index contributed by atoms with van der Waals surface area (Å²) >= 11 is 0. The van der Waals surface area contributed by atoms with Gasteiger partial charge in [0.05, 0.1) is 35.3 Å². The van der Waals surface area contributed by atoms with Crippen molar-refractivity contribution in [3.8, 4) is 17.0 Å². The van der Waals surface area contributed by atoms with Gasteiger partial charge in [-0.3, -0.25) is 0 Å². The van der Waals surface area contributed by atoms with Crippen LogP contribution in [0.5, 0.6) is 5.88 Å². The van der Waals surface area contributed by atoms with Gasteiger partial charge in [-0.25, -0.2) is 19.5 Å². The Morgan fingerprint density at radius 3 is 2.76 bits per heavy atom. The quantitative estimate of drug-likeness (QED) is 0.572. The summed E-state index contributed by atoms with van der Waals surface area (Å²) < 4.78 is 7.25. The van der Waals surface area contributed by atoms with Crippen molar-refractivity contribution < 1.29 is 4.74 Å². The summed E-state index contributed by atoms with van der Waals surface area (Å²) in [4.78, 5) is 15.3. The molecule has 0 aliphatic heterocycles. The summed E-state index contributed by atoms with van der Waals surface area (Å²) in [5, 5.41) is 5.59. The zero-order chi connectivity index (χ0) is 20.2. The highest BCUT2D eigenvalue weighted by atomic mass is 16.5. The minimum atomic E-state index is -0.457. The van der Waals surface area contributed by atoms with E-state index in [9.17, 15) is 0 Å². The molecule has 0 radical (unpaired) electrons. The Bertz CT molecular complexity index is 1210. The number of nitrogens with two attached hydrogens (primary N) is 1. The molecule has 148 valence electrons. The third-order valence-electron chi connectivity index (χ3n) is 5.90. The first-order valence-electron chi connectivity index (χ1n) is 9.58. The number of ether oxygens (including phenoxy) is 1. The van der Waals surface area contributed by atoms with Gasteiger partial charge in [-0.05, 0) is 50.7 Å². The van der Waals surface area contributed by atoms with Crippen molar-refractivity contribution in [1.29, 1.82) is 0 Å². The molecule has 0 amide bonds. The molecule has 1 saturated carbocycles. The molecule has 3 aromatic heterocycles. The molecule has 0 unspecified atom stereocenters. The molecule has 1 aliphatic rings. The van der Waals surface area contributed by atoms with Crippen LogP contribution < -0.4 is 10.5 Å². The van der Waals surface area contributed by atoms with Crippen molar-refractivity contribution in [3.05, 3.63) is 48.8 Å². The normalized spacial score (nSPS) is 21.6. The Labute approximate surface area is 168 Å². The maximum atomic E-state index is 6.56. The lowest BCUT2D eigenvalue weighted by atomic mass is 9.72. The Kier molecular flexibility index (Phi) is 4.01. The van der Waals surface area contributed by atoms with E-state index in [0.717, 1.165) is 40.4 Å². The number of nitrogens with zero attached hydrogens (tertiary/aromatic N) is 6. The smallest absolute Gasteiger partial charge is 0.224 e. The molecule has 3 heterocycles. The van der Waals surface area contributed by atoms with Crippen LogP contribution in [0, 0.1) is 0 Å². The fourth-order valence-corrected chi connectivity index (χ4v) is 4.06. The Balaban J connectivity index is 1.53. The van der Waals surface area contributed by atoms with Crippen LogP contribution in [0.3, 0.4) is 0 Å². The first kappa shape index (κ1) is 18.0. The second-order valence-electron chi connectivity index (χ2n) is 7.94. The summed E-state index contributed by atoms with van der Waals surface area (Å²) in [5.74, 6) is 1.25. The number of hydrogen-bond acceptors (Lipinski definition) is 7. The number of hydrogen-bond donors (Lipinski definition) is 1. The van der Waals surface area contributed by atoms with Crippen LogP contribution >= 0.6 is 0 Å². The maximum Gasteiger partial charge on any atom is 0.224 e. The van der Waals surface area contributed by atoms with Crippen molar-refractivity contribution in [1.82, 2.24) is 29.5 Å². The molecule has 1 aliphatic carbocycles. The van der Waals surface area contributed by atoms with Crippen LogP contribution in [-0.4, -0.2) is 56.7 Å². The van der Waals surface area contributed by atoms with Gasteiger partial charge in [0.1, 0.15) is 6.33 Å². The summed E-state index contributed by atoms with van der Waals surface area (Å²) in [6.07, 6.45) is 7.05. The van der Waals surface area contributed by atoms with Gasteiger partial charge < -0.3 is 15.4 Å². The molecule has 5 rings (SSSR count). The van der Waals surface area contributed by atoms with Crippen molar-refractivity contribution in [2.45, 2.75) is 24.4 Å². The van der Waals surface area contributed by atoms with Crippen LogP contribution in [0.2, 0.25) is 0 Å². The Hall–Kier alpha value is -3.10. The lowest BCUT2D eigenvalue weighted by molar-refractivity contribution is 0.0865. The minimum absolute atomic E-state index is 0.457. The van der Waals surface area contributed by atoms with Gasteiger partial charge in [-0.1, -0.05) is 6.07 Å². The third-order valence-corrected chi connectivity index (χ3v) is 5.90. The first-order chi connectivity index (χ1) is 14.0. The monoisotopic (exact) mass is 389 g/mol. The van der Waals surface area contributed by atoms with E-state index in [0.29, 0.717) is 17.7 Å². The van der Waals surface area contributed by atoms with Gasteiger partial charge in [0, 0.05) is 17.8 Å². The lowest BCUT2D eigenvalue weighted by Crippen LogP contribution is -2.57. The van der Waals surface area contributed by atoms with Gasteiger partial charge in [-0.2, -0.15) is 5.10 Å². The topological polar surface area (TPSA) is 94.5 Å². The second kappa shape index (κ2) is 6.47. The van der Waals surface area contributed by atoms with Crippen molar-refractivity contribution in [2.75, 3.05) is 21.2 Å². The molecule has 0 atom stereocenters. The van der Waals surface area contributed by atoms with E-state index in [1.807, 2.05) is 41.2 Å². The van der Waals surface area contributed by atoms with E-state index < -0.39 is 5.54 Å². The molecular weight excluding hydrogens is 366 g/mol. The fourth-order valence-electron chi connectivity index (χ4n) is 4.06. The standard InChI is InChI=1S/C21H23N7O/c1-27(2)14-9-21(22,10-14)20-23-11-18-15(6-7-28(18)26-20)13-4-5-17-16(8-13)19(29-3)25-12-24-17/h4-8,11-12,14H,9-10,22H2,1-3H3. The van der Waals surface area contributed by atoms with Crippen molar-refractivity contribution in [3.63, 3.8) is 0 Å². The molecule has 1 fully saturated rings. The van der Waals surface area contributed by atoms with Crippen LogP contribution in [-0.2, 0) is 5.54 Å². The number of fused-ring (bicyclic) bond motifs is 2. The van der Waals surface area contributed by atoms with E-state index >= 15 is 0 Å². The van der Waals surface area contributed by atoms with Crippen molar-refractivity contribution >= 4 is 16.4 Å². The summed E-state index contributed by atoms with van der Waals surface area (Å²) in [7, 11) is 5.77. The van der Waals surface area contributed by atoms with Gasteiger partial charge in [-0.15, -0.1) is 0 Å². The van der Waals surface area contributed by atoms with Gasteiger partial charge in [0.25, 0.3) is 0 Å². The third kappa shape index (κ3) is 2.83. The predicted molar refractivity (Wildman–Crippen MR) is 111 cm³/mol.